The van der Waals surface area contributed by atoms with Gasteiger partial charge in [-0.2, -0.15) is 0 Å². The molecular weight excluding hydrogens is 762 g/mol. The maximum Gasteiger partial charge on any atom is 0.472 e. The number of phosphoric ester groups is 2. The van der Waals surface area contributed by atoms with E-state index in [0.717, 1.165) is 51.4 Å². The smallest absolute Gasteiger partial charge is 0.462 e. The highest BCUT2D eigenvalue weighted by Gasteiger charge is 2.54. The lowest BCUT2D eigenvalue weighted by molar-refractivity contribution is -0.216. The largest absolute Gasteiger partial charge is 0.472 e. The zero-order valence-corrected chi connectivity index (χ0v) is 34.9. The van der Waals surface area contributed by atoms with Crippen molar-refractivity contribution in [1.29, 1.82) is 0 Å². The molecule has 1 aliphatic rings. The molecule has 0 heterocycles. The number of hydrogen-bond donors (Lipinski definition) is 7. The maximum absolute atomic E-state index is 13.0. The number of phosphoric acid groups is 2. The Morgan fingerprint density at radius 2 is 0.873 bits per heavy atom. The monoisotopic (exact) mass is 834 g/mol. The van der Waals surface area contributed by atoms with E-state index >= 15 is 0 Å². The molecule has 0 aromatic heterocycles. The fraction of sp³-hybridized carbons (Fsp3) is 0.946. The standard InChI is InChI=1S/C37H72O16P2/c1-3-5-7-9-11-13-15-17-19-21-23-25-30(38)49-27-29(51-31(39)26-24-22-20-18-16-14-12-10-8-6-4-2)28-50-55(47,48)53-37-35(43)33(41)32(40)34(42)36(37)52-54(44,45)46/h29,32-37,40-43H,3-28H2,1-2H3,(H,47,48)(H2,44,45,46)/t29-,32+,33+,34-,35+,36+,37+/m1/s1. The molecule has 8 atom stereocenters. The van der Waals surface area contributed by atoms with Gasteiger partial charge in [-0.25, -0.2) is 9.13 Å². The van der Waals surface area contributed by atoms with Gasteiger partial charge in [0.1, 0.15) is 43.2 Å². The van der Waals surface area contributed by atoms with E-state index in [9.17, 15) is 53.8 Å². The summed E-state index contributed by atoms with van der Waals surface area (Å²) in [6.45, 7) is 3.03. The van der Waals surface area contributed by atoms with Crippen LogP contribution in [0.5, 0.6) is 0 Å². The van der Waals surface area contributed by atoms with Crippen LogP contribution in [0.2, 0.25) is 0 Å². The van der Waals surface area contributed by atoms with Gasteiger partial charge in [-0.15, -0.1) is 0 Å². The van der Waals surface area contributed by atoms with Crippen LogP contribution in [0.4, 0.5) is 0 Å². The van der Waals surface area contributed by atoms with Crippen LogP contribution in [0.25, 0.3) is 0 Å². The number of aliphatic hydroxyl groups is 4. The average Bonchev–Trinajstić information content (AvgIpc) is 3.13. The first kappa shape index (κ1) is 52.0. The van der Waals surface area contributed by atoms with Gasteiger partial charge in [0.2, 0.25) is 0 Å². The van der Waals surface area contributed by atoms with Crippen LogP contribution in [-0.2, 0) is 41.8 Å². The fourth-order valence-electron chi connectivity index (χ4n) is 6.43. The van der Waals surface area contributed by atoms with Crippen molar-refractivity contribution in [1.82, 2.24) is 0 Å². The van der Waals surface area contributed by atoms with Gasteiger partial charge in [-0.05, 0) is 12.8 Å². The Morgan fingerprint density at radius 1 is 0.509 bits per heavy atom. The summed E-state index contributed by atoms with van der Waals surface area (Å²) in [7, 11) is -10.8. The molecule has 18 heteroatoms. The van der Waals surface area contributed by atoms with Gasteiger partial charge in [-0.3, -0.25) is 23.2 Å². The average molecular weight is 835 g/mol. The third kappa shape index (κ3) is 25.2. The van der Waals surface area contributed by atoms with Crippen LogP contribution in [0.15, 0.2) is 0 Å². The van der Waals surface area contributed by atoms with E-state index in [1.54, 1.807) is 0 Å². The molecule has 1 rings (SSSR count). The molecular formula is C37H72O16P2. The molecule has 0 aromatic carbocycles. The normalized spacial score (nSPS) is 23.3. The van der Waals surface area contributed by atoms with Gasteiger partial charge in [-0.1, -0.05) is 142 Å². The van der Waals surface area contributed by atoms with Crippen molar-refractivity contribution in [2.45, 2.75) is 211 Å². The Morgan fingerprint density at radius 3 is 1.27 bits per heavy atom. The minimum atomic E-state index is -5.42. The highest BCUT2D eigenvalue weighted by Crippen LogP contribution is 2.50. The van der Waals surface area contributed by atoms with Crippen molar-refractivity contribution in [3.05, 3.63) is 0 Å². The Balaban J connectivity index is 2.70. The lowest BCUT2D eigenvalue weighted by Gasteiger charge is -2.43. The minimum Gasteiger partial charge on any atom is -0.462 e. The van der Waals surface area contributed by atoms with E-state index in [4.69, 9.17) is 18.5 Å². The second-order valence-corrected chi connectivity index (χ2v) is 17.3. The van der Waals surface area contributed by atoms with Crippen LogP contribution < -0.4 is 0 Å². The summed E-state index contributed by atoms with van der Waals surface area (Å²) in [4.78, 5) is 54.2. The first-order chi connectivity index (χ1) is 26.1. The van der Waals surface area contributed by atoms with Gasteiger partial charge in [0.05, 0.1) is 6.61 Å². The number of rotatable bonds is 34. The Hall–Kier alpha value is -1.00. The number of aliphatic hydroxyl groups excluding tert-OH is 4. The highest BCUT2D eigenvalue weighted by atomic mass is 31.2. The topological polar surface area (TPSA) is 256 Å². The minimum absolute atomic E-state index is 0.0429. The van der Waals surface area contributed by atoms with Gasteiger partial charge < -0.3 is 44.6 Å². The van der Waals surface area contributed by atoms with E-state index in [0.29, 0.717) is 12.8 Å². The van der Waals surface area contributed by atoms with Crippen LogP contribution >= 0.6 is 15.6 Å². The number of ether oxygens (including phenoxy) is 2. The summed E-state index contributed by atoms with van der Waals surface area (Å²) in [6.07, 6.45) is 9.45. The summed E-state index contributed by atoms with van der Waals surface area (Å²) in [5, 5.41) is 40.7. The van der Waals surface area contributed by atoms with Crippen molar-refractivity contribution in [3.63, 3.8) is 0 Å². The summed E-state index contributed by atoms with van der Waals surface area (Å²) >= 11 is 0. The Labute approximate surface area is 327 Å². The van der Waals surface area contributed by atoms with Gasteiger partial charge in [0.15, 0.2) is 6.10 Å². The van der Waals surface area contributed by atoms with Crippen LogP contribution in [0.3, 0.4) is 0 Å². The molecule has 1 unspecified atom stereocenters. The predicted octanol–water partition coefficient (Wildman–Crippen LogP) is 6.28. The van der Waals surface area contributed by atoms with Gasteiger partial charge >= 0.3 is 27.6 Å². The predicted molar refractivity (Wildman–Crippen MR) is 205 cm³/mol. The van der Waals surface area contributed by atoms with Crippen LogP contribution in [0.1, 0.15) is 168 Å². The summed E-state index contributed by atoms with van der Waals surface area (Å²) in [6, 6.07) is 0. The number of carbonyl (C=O) groups excluding carboxylic acids is 2. The lowest BCUT2D eigenvalue weighted by Crippen LogP contribution is -2.64. The van der Waals surface area contributed by atoms with E-state index in [1.165, 1.54) is 77.0 Å². The number of esters is 2. The molecule has 0 amide bonds. The zero-order valence-electron chi connectivity index (χ0n) is 33.1. The molecule has 0 radical (unpaired) electrons. The molecule has 1 fully saturated rings. The van der Waals surface area contributed by atoms with Crippen molar-refractivity contribution in [2.75, 3.05) is 13.2 Å². The molecule has 16 nitrogen and oxygen atoms in total. The number of unbranched alkanes of at least 4 members (excludes halogenated alkanes) is 20. The third-order valence-electron chi connectivity index (χ3n) is 9.68. The summed E-state index contributed by atoms with van der Waals surface area (Å²) in [5.41, 5.74) is 0. The molecule has 7 N–H and O–H groups in total. The zero-order chi connectivity index (χ0) is 41.1. The second-order valence-electron chi connectivity index (χ2n) is 14.7. The van der Waals surface area contributed by atoms with Crippen molar-refractivity contribution < 1.29 is 76.9 Å². The summed E-state index contributed by atoms with van der Waals surface area (Å²) < 4.78 is 49.4. The lowest BCUT2D eigenvalue weighted by atomic mass is 9.85. The Bertz CT molecular complexity index is 1110. The molecule has 1 aliphatic carbocycles. The molecule has 326 valence electrons. The van der Waals surface area contributed by atoms with Gasteiger partial charge in [0, 0.05) is 12.8 Å². The first-order valence-electron chi connectivity index (χ1n) is 20.6. The van der Waals surface area contributed by atoms with E-state index in [-0.39, 0.29) is 12.8 Å². The van der Waals surface area contributed by atoms with E-state index in [1.807, 2.05) is 0 Å². The van der Waals surface area contributed by atoms with Crippen LogP contribution in [0, 0.1) is 0 Å². The third-order valence-corrected chi connectivity index (χ3v) is 11.2. The van der Waals surface area contributed by atoms with E-state index in [2.05, 4.69) is 18.4 Å². The van der Waals surface area contributed by atoms with Crippen molar-refractivity contribution in [3.8, 4) is 0 Å². The van der Waals surface area contributed by atoms with Crippen molar-refractivity contribution >= 4 is 27.6 Å². The molecule has 0 spiro atoms. The number of carbonyl (C=O) groups is 2. The maximum atomic E-state index is 13.0. The molecule has 0 bridgehead atoms. The SMILES string of the molecule is CCCCCCCCCCCCCC(=O)OC[C@H](COP(=O)(O)O[C@H]1[C@@H](O)[C@@H](O)[C@H](O)[C@@H](O)[C@@H]1OP(=O)(O)O)OC(=O)CCCCCCCCCCCCC. The number of hydrogen-bond acceptors (Lipinski definition) is 13. The quantitative estimate of drug-likeness (QED) is 0.0214. The van der Waals surface area contributed by atoms with E-state index < -0.39 is 83.5 Å². The molecule has 55 heavy (non-hydrogen) atoms. The van der Waals surface area contributed by atoms with Crippen molar-refractivity contribution in [2.24, 2.45) is 0 Å². The highest BCUT2D eigenvalue weighted by molar-refractivity contribution is 7.47. The fourth-order valence-corrected chi connectivity index (χ4v) is 7.96. The Kier molecular flexibility index (Phi) is 28.5. The van der Waals surface area contributed by atoms with Gasteiger partial charge in [0.25, 0.3) is 0 Å². The summed E-state index contributed by atoms with van der Waals surface area (Å²) in [5.74, 6) is -1.22. The molecule has 0 saturated heterocycles. The molecule has 1 saturated carbocycles. The van der Waals surface area contributed by atoms with Crippen LogP contribution in [-0.4, -0.2) is 103 Å². The first-order valence-corrected chi connectivity index (χ1v) is 23.6. The molecule has 0 aromatic rings. The molecule has 0 aliphatic heterocycles. The second kappa shape index (κ2) is 30.1.